The highest BCUT2D eigenvalue weighted by Crippen LogP contribution is 2.24. The van der Waals surface area contributed by atoms with Gasteiger partial charge in [-0.05, 0) is 17.7 Å². The Morgan fingerprint density at radius 3 is 2.42 bits per heavy atom. The predicted octanol–water partition coefficient (Wildman–Crippen LogP) is 2.28. The van der Waals surface area contributed by atoms with E-state index in [1.54, 1.807) is 14.0 Å². The Morgan fingerprint density at radius 1 is 1.37 bits per heavy atom. The smallest absolute Gasteiger partial charge is 0.307 e. The minimum Gasteiger partial charge on any atom is -0.497 e. The SMILES string of the molecule is COc1ccc(C(C)(C)CNCC(C)C(=O)O)cc1. The second-order valence-corrected chi connectivity index (χ2v) is 5.48. The molecule has 0 spiro atoms. The molecule has 0 heterocycles. The molecule has 0 saturated carbocycles. The lowest BCUT2D eigenvalue weighted by Gasteiger charge is -2.26. The van der Waals surface area contributed by atoms with E-state index in [2.05, 4.69) is 19.2 Å². The van der Waals surface area contributed by atoms with Crippen molar-refractivity contribution in [1.29, 1.82) is 0 Å². The molecule has 0 aliphatic rings. The molecule has 0 saturated heterocycles. The number of carboxylic acids is 1. The molecular weight excluding hydrogens is 242 g/mol. The van der Waals surface area contributed by atoms with E-state index in [1.807, 2.05) is 24.3 Å². The van der Waals surface area contributed by atoms with Gasteiger partial charge < -0.3 is 15.2 Å². The maximum Gasteiger partial charge on any atom is 0.307 e. The number of hydrogen-bond acceptors (Lipinski definition) is 3. The molecule has 4 heteroatoms. The molecule has 19 heavy (non-hydrogen) atoms. The normalized spacial score (nSPS) is 13.1. The lowest BCUT2D eigenvalue weighted by atomic mass is 9.84. The van der Waals surface area contributed by atoms with Crippen LogP contribution in [-0.4, -0.2) is 31.3 Å². The second kappa shape index (κ2) is 6.57. The lowest BCUT2D eigenvalue weighted by molar-refractivity contribution is -0.140. The Labute approximate surface area is 114 Å². The largest absolute Gasteiger partial charge is 0.497 e. The number of hydrogen-bond donors (Lipinski definition) is 2. The van der Waals surface area contributed by atoms with Gasteiger partial charge in [-0.1, -0.05) is 32.9 Å². The van der Waals surface area contributed by atoms with Gasteiger partial charge >= 0.3 is 5.97 Å². The molecule has 0 bridgehead atoms. The molecular formula is C15H23NO3. The summed E-state index contributed by atoms with van der Waals surface area (Å²) < 4.78 is 5.14. The zero-order valence-electron chi connectivity index (χ0n) is 12.1. The fraction of sp³-hybridized carbons (Fsp3) is 0.533. The van der Waals surface area contributed by atoms with Crippen LogP contribution in [0.1, 0.15) is 26.3 Å². The van der Waals surface area contributed by atoms with Crippen LogP contribution >= 0.6 is 0 Å². The third-order valence-electron chi connectivity index (χ3n) is 3.31. The van der Waals surface area contributed by atoms with Crippen LogP contribution in [0.5, 0.6) is 5.75 Å². The monoisotopic (exact) mass is 265 g/mol. The summed E-state index contributed by atoms with van der Waals surface area (Å²) in [7, 11) is 1.65. The van der Waals surface area contributed by atoms with Crippen molar-refractivity contribution in [2.75, 3.05) is 20.2 Å². The topological polar surface area (TPSA) is 58.6 Å². The summed E-state index contributed by atoms with van der Waals surface area (Å²) >= 11 is 0. The zero-order chi connectivity index (χ0) is 14.5. The van der Waals surface area contributed by atoms with E-state index in [0.29, 0.717) is 6.54 Å². The number of ether oxygens (including phenoxy) is 1. The van der Waals surface area contributed by atoms with Gasteiger partial charge in [0.25, 0.3) is 0 Å². The van der Waals surface area contributed by atoms with E-state index in [0.717, 1.165) is 12.3 Å². The first-order chi connectivity index (χ1) is 8.86. The first-order valence-electron chi connectivity index (χ1n) is 6.45. The molecule has 1 aromatic carbocycles. The Bertz CT molecular complexity index is 412. The molecule has 1 aromatic rings. The summed E-state index contributed by atoms with van der Waals surface area (Å²) in [5.74, 6) is -0.298. The molecule has 1 rings (SSSR count). The molecule has 0 fully saturated rings. The minimum absolute atomic E-state index is 0.0511. The van der Waals surface area contributed by atoms with Gasteiger partial charge in [0.15, 0.2) is 0 Å². The van der Waals surface area contributed by atoms with Gasteiger partial charge in [-0.3, -0.25) is 4.79 Å². The van der Waals surface area contributed by atoms with Gasteiger partial charge in [0.1, 0.15) is 5.75 Å². The average Bonchev–Trinajstić information content (AvgIpc) is 2.38. The Morgan fingerprint density at radius 2 is 1.95 bits per heavy atom. The third kappa shape index (κ3) is 4.56. The van der Waals surface area contributed by atoms with Crippen molar-refractivity contribution < 1.29 is 14.6 Å². The van der Waals surface area contributed by atoms with Crippen molar-refractivity contribution in [3.63, 3.8) is 0 Å². The van der Waals surface area contributed by atoms with Crippen LogP contribution in [0, 0.1) is 5.92 Å². The molecule has 1 unspecified atom stereocenters. The van der Waals surface area contributed by atoms with Crippen molar-refractivity contribution in [2.45, 2.75) is 26.2 Å². The van der Waals surface area contributed by atoms with Crippen molar-refractivity contribution in [3.05, 3.63) is 29.8 Å². The minimum atomic E-state index is -0.769. The van der Waals surface area contributed by atoms with Gasteiger partial charge in [-0.25, -0.2) is 0 Å². The third-order valence-corrected chi connectivity index (χ3v) is 3.31. The molecule has 0 amide bonds. The molecule has 2 N–H and O–H groups in total. The van der Waals surface area contributed by atoms with Crippen molar-refractivity contribution in [3.8, 4) is 5.75 Å². The van der Waals surface area contributed by atoms with Crippen LogP contribution in [0.3, 0.4) is 0 Å². The van der Waals surface area contributed by atoms with Gasteiger partial charge in [-0.2, -0.15) is 0 Å². The molecule has 0 radical (unpaired) electrons. The van der Waals surface area contributed by atoms with E-state index in [1.165, 1.54) is 5.56 Å². The summed E-state index contributed by atoms with van der Waals surface area (Å²) in [5.41, 5.74) is 1.15. The highest BCUT2D eigenvalue weighted by atomic mass is 16.5. The van der Waals surface area contributed by atoms with Crippen LogP contribution in [-0.2, 0) is 10.2 Å². The number of carboxylic acid groups (broad SMARTS) is 1. The van der Waals surface area contributed by atoms with Gasteiger partial charge in [0, 0.05) is 18.5 Å². The van der Waals surface area contributed by atoms with Gasteiger partial charge in [-0.15, -0.1) is 0 Å². The number of aliphatic carboxylic acids is 1. The van der Waals surface area contributed by atoms with Crippen molar-refractivity contribution >= 4 is 5.97 Å². The van der Waals surface area contributed by atoms with Crippen molar-refractivity contribution in [1.82, 2.24) is 5.32 Å². The van der Waals surface area contributed by atoms with Crippen LogP contribution in [0.4, 0.5) is 0 Å². The second-order valence-electron chi connectivity index (χ2n) is 5.48. The van der Waals surface area contributed by atoms with Gasteiger partial charge in [0.2, 0.25) is 0 Å². The van der Waals surface area contributed by atoms with Crippen molar-refractivity contribution in [2.24, 2.45) is 5.92 Å². The highest BCUT2D eigenvalue weighted by molar-refractivity contribution is 5.69. The number of nitrogens with one attached hydrogen (secondary N) is 1. The molecule has 0 aliphatic heterocycles. The summed E-state index contributed by atoms with van der Waals surface area (Å²) in [5, 5.41) is 12.1. The van der Waals surface area contributed by atoms with E-state index >= 15 is 0 Å². The molecule has 0 aromatic heterocycles. The van der Waals surface area contributed by atoms with Crippen LogP contribution in [0.2, 0.25) is 0 Å². The van der Waals surface area contributed by atoms with E-state index in [9.17, 15) is 4.79 Å². The maximum absolute atomic E-state index is 10.7. The maximum atomic E-state index is 10.7. The highest BCUT2D eigenvalue weighted by Gasteiger charge is 2.21. The van der Waals surface area contributed by atoms with E-state index in [-0.39, 0.29) is 11.3 Å². The summed E-state index contributed by atoms with van der Waals surface area (Å²) in [6, 6.07) is 7.97. The van der Waals surface area contributed by atoms with Gasteiger partial charge in [0.05, 0.1) is 13.0 Å². The van der Waals surface area contributed by atoms with Crippen LogP contribution in [0.25, 0.3) is 0 Å². The average molecular weight is 265 g/mol. The Balaban J connectivity index is 2.57. The fourth-order valence-electron chi connectivity index (χ4n) is 1.83. The predicted molar refractivity (Wildman–Crippen MR) is 75.7 cm³/mol. The number of carbonyl (C=O) groups is 1. The zero-order valence-corrected chi connectivity index (χ0v) is 12.1. The summed E-state index contributed by atoms with van der Waals surface area (Å²) in [6.07, 6.45) is 0. The summed E-state index contributed by atoms with van der Waals surface area (Å²) in [6.45, 7) is 7.18. The molecule has 1 atom stereocenters. The fourth-order valence-corrected chi connectivity index (χ4v) is 1.83. The van der Waals surface area contributed by atoms with Crippen LogP contribution in [0.15, 0.2) is 24.3 Å². The quantitative estimate of drug-likeness (QED) is 0.794. The standard InChI is InChI=1S/C15H23NO3/c1-11(14(17)18)9-16-10-15(2,3)12-5-7-13(19-4)8-6-12/h5-8,11,16H,9-10H2,1-4H3,(H,17,18). The number of methoxy groups -OCH3 is 1. The summed E-state index contributed by atoms with van der Waals surface area (Å²) in [4.78, 5) is 10.7. The number of benzene rings is 1. The first kappa shape index (κ1) is 15.5. The lowest BCUT2D eigenvalue weighted by Crippen LogP contribution is -2.36. The Hall–Kier alpha value is -1.55. The number of rotatable bonds is 7. The van der Waals surface area contributed by atoms with E-state index < -0.39 is 5.97 Å². The molecule has 0 aliphatic carbocycles. The van der Waals surface area contributed by atoms with E-state index in [4.69, 9.17) is 9.84 Å². The molecule has 4 nitrogen and oxygen atoms in total. The first-order valence-corrected chi connectivity index (χ1v) is 6.45. The Kier molecular flexibility index (Phi) is 5.36. The molecule has 106 valence electrons. The van der Waals surface area contributed by atoms with Crippen LogP contribution < -0.4 is 10.1 Å².